The Balaban J connectivity index is 2.31. The van der Waals surface area contributed by atoms with Crippen LogP contribution in [0.1, 0.15) is 35.6 Å². The zero-order chi connectivity index (χ0) is 22.4. The van der Waals surface area contributed by atoms with Crippen LogP contribution in [0.15, 0.2) is 30.3 Å². The lowest BCUT2D eigenvalue weighted by molar-refractivity contribution is -0.142. The summed E-state index contributed by atoms with van der Waals surface area (Å²) in [5, 5.41) is 3.51. The summed E-state index contributed by atoms with van der Waals surface area (Å²) >= 11 is 12.6. The van der Waals surface area contributed by atoms with E-state index < -0.39 is 6.04 Å². The van der Waals surface area contributed by atoms with Gasteiger partial charge in [-0.05, 0) is 62.1 Å². The van der Waals surface area contributed by atoms with E-state index in [1.807, 2.05) is 33.8 Å². The minimum Gasteiger partial charge on any atom is -0.483 e. The van der Waals surface area contributed by atoms with Crippen molar-refractivity contribution in [3.8, 4) is 5.75 Å². The molecule has 0 bridgehead atoms. The summed E-state index contributed by atoms with van der Waals surface area (Å²) in [5.74, 6) is 0.0844. The molecule has 2 rings (SSSR count). The van der Waals surface area contributed by atoms with Crippen molar-refractivity contribution in [1.29, 1.82) is 0 Å². The van der Waals surface area contributed by atoms with Crippen molar-refractivity contribution < 1.29 is 14.3 Å². The second-order valence-electron chi connectivity index (χ2n) is 7.25. The van der Waals surface area contributed by atoms with Crippen molar-refractivity contribution in [3.63, 3.8) is 0 Å². The molecule has 0 unspecified atom stereocenters. The number of aryl methyl sites for hydroxylation is 2. The molecule has 7 heteroatoms. The van der Waals surface area contributed by atoms with E-state index in [9.17, 15) is 9.59 Å². The standard InChI is InChI=1S/C23H28Cl2N2O3/c1-6-20(23(29)26-5)27(12-17-18(24)8-7-9-19(17)25)22(28)13-30-21-11-14(2)10-15(3)16(21)4/h7-11,20H,6,12-13H2,1-5H3,(H,26,29)/t20-/m1/s1. The number of ether oxygens (including phenoxy) is 1. The fourth-order valence-corrected chi connectivity index (χ4v) is 3.83. The summed E-state index contributed by atoms with van der Waals surface area (Å²) in [7, 11) is 1.55. The van der Waals surface area contributed by atoms with Gasteiger partial charge in [-0.15, -0.1) is 0 Å². The van der Waals surface area contributed by atoms with Gasteiger partial charge in [0.15, 0.2) is 6.61 Å². The number of rotatable bonds is 8. The highest BCUT2D eigenvalue weighted by atomic mass is 35.5. The average Bonchev–Trinajstić information content (AvgIpc) is 2.70. The molecule has 0 aromatic heterocycles. The van der Waals surface area contributed by atoms with Gasteiger partial charge in [-0.3, -0.25) is 9.59 Å². The van der Waals surface area contributed by atoms with Crippen molar-refractivity contribution in [1.82, 2.24) is 10.2 Å². The van der Waals surface area contributed by atoms with E-state index in [1.165, 1.54) is 4.90 Å². The van der Waals surface area contributed by atoms with E-state index in [2.05, 4.69) is 11.4 Å². The highest BCUT2D eigenvalue weighted by Gasteiger charge is 2.29. The molecule has 0 heterocycles. The zero-order valence-corrected chi connectivity index (χ0v) is 19.5. The van der Waals surface area contributed by atoms with Crippen LogP contribution < -0.4 is 10.1 Å². The lowest BCUT2D eigenvalue weighted by Crippen LogP contribution is -2.49. The van der Waals surface area contributed by atoms with Crippen LogP contribution in [-0.4, -0.2) is 36.4 Å². The predicted octanol–water partition coefficient (Wildman–Crippen LogP) is 4.85. The predicted molar refractivity (Wildman–Crippen MR) is 121 cm³/mol. The van der Waals surface area contributed by atoms with E-state index in [1.54, 1.807) is 25.2 Å². The van der Waals surface area contributed by atoms with Gasteiger partial charge >= 0.3 is 0 Å². The first-order valence-electron chi connectivity index (χ1n) is 9.84. The number of likely N-dealkylation sites (N-methyl/N-ethyl adjacent to an activating group) is 1. The topological polar surface area (TPSA) is 58.6 Å². The number of amides is 2. The van der Waals surface area contributed by atoms with Crippen LogP contribution in [-0.2, 0) is 16.1 Å². The van der Waals surface area contributed by atoms with E-state index >= 15 is 0 Å². The first kappa shape index (κ1) is 24.0. The molecule has 0 fully saturated rings. The van der Waals surface area contributed by atoms with Gasteiger partial charge in [0, 0.05) is 29.2 Å². The summed E-state index contributed by atoms with van der Waals surface area (Å²) in [5.41, 5.74) is 3.72. The highest BCUT2D eigenvalue weighted by molar-refractivity contribution is 6.36. The maximum Gasteiger partial charge on any atom is 0.261 e. The van der Waals surface area contributed by atoms with Crippen molar-refractivity contribution in [2.45, 2.75) is 46.7 Å². The van der Waals surface area contributed by atoms with Crippen LogP contribution in [0, 0.1) is 20.8 Å². The van der Waals surface area contributed by atoms with Gasteiger partial charge in [0.25, 0.3) is 5.91 Å². The molecule has 162 valence electrons. The Morgan fingerprint density at radius 3 is 2.33 bits per heavy atom. The van der Waals surface area contributed by atoms with Gasteiger partial charge < -0.3 is 15.0 Å². The third-order valence-electron chi connectivity index (χ3n) is 5.14. The molecule has 1 N–H and O–H groups in total. The lowest BCUT2D eigenvalue weighted by atomic mass is 10.1. The highest BCUT2D eigenvalue weighted by Crippen LogP contribution is 2.27. The molecule has 0 aliphatic carbocycles. The number of hydrogen-bond acceptors (Lipinski definition) is 3. The largest absolute Gasteiger partial charge is 0.483 e. The average molecular weight is 451 g/mol. The first-order chi connectivity index (χ1) is 14.2. The molecular formula is C23H28Cl2N2O3. The molecule has 0 aliphatic heterocycles. The van der Waals surface area contributed by atoms with Gasteiger partial charge in [-0.2, -0.15) is 0 Å². The summed E-state index contributed by atoms with van der Waals surface area (Å²) < 4.78 is 5.86. The van der Waals surface area contributed by atoms with Crippen LogP contribution in [0.2, 0.25) is 10.0 Å². The van der Waals surface area contributed by atoms with Crippen LogP contribution in [0.3, 0.4) is 0 Å². The van der Waals surface area contributed by atoms with Gasteiger partial charge in [0.2, 0.25) is 5.91 Å². The van der Waals surface area contributed by atoms with Gasteiger partial charge in [-0.25, -0.2) is 0 Å². The molecule has 1 atom stereocenters. The smallest absolute Gasteiger partial charge is 0.261 e. The summed E-state index contributed by atoms with van der Waals surface area (Å²) in [6.45, 7) is 7.70. The number of benzene rings is 2. The third kappa shape index (κ3) is 5.67. The molecule has 0 radical (unpaired) electrons. The van der Waals surface area contributed by atoms with Crippen LogP contribution >= 0.6 is 23.2 Å². The number of carbonyl (C=O) groups excluding carboxylic acids is 2. The Kier molecular flexibility index (Phi) is 8.56. The number of carbonyl (C=O) groups is 2. The third-order valence-corrected chi connectivity index (χ3v) is 5.85. The summed E-state index contributed by atoms with van der Waals surface area (Å²) in [4.78, 5) is 27.1. The maximum absolute atomic E-state index is 13.2. The normalized spacial score (nSPS) is 11.7. The Morgan fingerprint density at radius 1 is 1.13 bits per heavy atom. The Bertz CT molecular complexity index is 911. The molecule has 0 saturated carbocycles. The quantitative estimate of drug-likeness (QED) is 0.624. The van der Waals surface area contributed by atoms with Gasteiger partial charge in [0.1, 0.15) is 11.8 Å². The van der Waals surface area contributed by atoms with Gasteiger partial charge in [0.05, 0.1) is 0 Å². The number of hydrogen-bond donors (Lipinski definition) is 1. The molecule has 2 amide bonds. The lowest BCUT2D eigenvalue weighted by Gasteiger charge is -2.30. The number of nitrogens with zero attached hydrogens (tertiary/aromatic N) is 1. The molecule has 0 saturated heterocycles. The van der Waals surface area contributed by atoms with E-state index in [0.717, 1.165) is 16.7 Å². The Hall–Kier alpha value is -2.24. The van der Waals surface area contributed by atoms with E-state index in [4.69, 9.17) is 27.9 Å². The number of halogens is 2. The minimum absolute atomic E-state index is 0.110. The van der Waals surface area contributed by atoms with Crippen LogP contribution in [0.25, 0.3) is 0 Å². The van der Waals surface area contributed by atoms with Crippen molar-refractivity contribution in [2.24, 2.45) is 0 Å². The maximum atomic E-state index is 13.2. The fourth-order valence-electron chi connectivity index (χ4n) is 3.31. The van der Waals surface area contributed by atoms with Crippen LogP contribution in [0.4, 0.5) is 0 Å². The molecule has 30 heavy (non-hydrogen) atoms. The molecule has 2 aromatic carbocycles. The summed E-state index contributed by atoms with van der Waals surface area (Å²) in [6, 6.07) is 8.46. The molecular weight excluding hydrogens is 423 g/mol. The zero-order valence-electron chi connectivity index (χ0n) is 18.0. The van der Waals surface area contributed by atoms with Crippen molar-refractivity contribution in [3.05, 3.63) is 62.6 Å². The second-order valence-corrected chi connectivity index (χ2v) is 8.07. The first-order valence-corrected chi connectivity index (χ1v) is 10.6. The van der Waals surface area contributed by atoms with E-state index in [0.29, 0.717) is 27.8 Å². The molecule has 0 spiro atoms. The SMILES string of the molecule is CC[C@H](C(=O)NC)N(Cc1c(Cl)cccc1Cl)C(=O)COc1cc(C)cc(C)c1C. The monoisotopic (exact) mass is 450 g/mol. The minimum atomic E-state index is -0.668. The molecule has 2 aromatic rings. The Morgan fingerprint density at radius 2 is 1.77 bits per heavy atom. The fraction of sp³-hybridized carbons (Fsp3) is 0.391. The van der Waals surface area contributed by atoms with Crippen molar-refractivity contribution in [2.75, 3.05) is 13.7 Å². The second kappa shape index (κ2) is 10.7. The van der Waals surface area contributed by atoms with Crippen LogP contribution in [0.5, 0.6) is 5.75 Å². The molecule has 5 nitrogen and oxygen atoms in total. The van der Waals surface area contributed by atoms with E-state index in [-0.39, 0.29) is 25.0 Å². The molecule has 0 aliphatic rings. The Labute approximate surface area is 188 Å². The van der Waals surface area contributed by atoms with Gasteiger partial charge in [-0.1, -0.05) is 42.3 Å². The number of nitrogens with one attached hydrogen (secondary N) is 1. The van der Waals surface area contributed by atoms with Crippen molar-refractivity contribution >= 4 is 35.0 Å². The summed E-state index contributed by atoms with van der Waals surface area (Å²) in [6.07, 6.45) is 0.441.